The SMILES string of the molecule is CN1CCC(NC(=O)c2c[nH]c3ncccc23)CC1. The maximum absolute atomic E-state index is 12.3. The van der Waals surface area contributed by atoms with Gasteiger partial charge in [-0.3, -0.25) is 4.79 Å². The highest BCUT2D eigenvalue weighted by Crippen LogP contribution is 2.16. The first kappa shape index (κ1) is 12.2. The van der Waals surface area contributed by atoms with E-state index >= 15 is 0 Å². The largest absolute Gasteiger partial charge is 0.349 e. The number of aromatic amines is 1. The minimum absolute atomic E-state index is 0.00574. The van der Waals surface area contributed by atoms with Gasteiger partial charge in [0, 0.05) is 23.8 Å². The summed E-state index contributed by atoms with van der Waals surface area (Å²) in [5.74, 6) is -0.00574. The molecule has 2 aromatic heterocycles. The van der Waals surface area contributed by atoms with E-state index in [1.807, 2.05) is 12.1 Å². The number of carbonyl (C=O) groups excluding carboxylic acids is 1. The van der Waals surface area contributed by atoms with Crippen molar-refractivity contribution in [3.05, 3.63) is 30.1 Å². The van der Waals surface area contributed by atoms with Gasteiger partial charge in [0.1, 0.15) is 5.65 Å². The van der Waals surface area contributed by atoms with Gasteiger partial charge in [-0.25, -0.2) is 4.98 Å². The van der Waals surface area contributed by atoms with Crippen LogP contribution in [0.1, 0.15) is 23.2 Å². The van der Waals surface area contributed by atoms with Crippen LogP contribution in [0.2, 0.25) is 0 Å². The van der Waals surface area contributed by atoms with E-state index < -0.39 is 0 Å². The first-order chi connectivity index (χ1) is 9.24. The summed E-state index contributed by atoms with van der Waals surface area (Å²) in [5.41, 5.74) is 1.44. The average molecular weight is 258 g/mol. The molecule has 0 spiro atoms. The number of hydrogen-bond acceptors (Lipinski definition) is 3. The molecule has 3 rings (SSSR count). The van der Waals surface area contributed by atoms with Gasteiger partial charge in [-0.2, -0.15) is 0 Å². The lowest BCUT2D eigenvalue weighted by molar-refractivity contribution is 0.0918. The van der Waals surface area contributed by atoms with Crippen LogP contribution in [0.25, 0.3) is 11.0 Å². The van der Waals surface area contributed by atoms with Crippen molar-refractivity contribution >= 4 is 16.9 Å². The van der Waals surface area contributed by atoms with Gasteiger partial charge in [0.15, 0.2) is 0 Å². The number of nitrogens with one attached hydrogen (secondary N) is 2. The molecule has 3 heterocycles. The lowest BCUT2D eigenvalue weighted by atomic mass is 10.0. The number of carbonyl (C=O) groups is 1. The molecule has 1 fully saturated rings. The molecule has 0 unspecified atom stereocenters. The second-order valence-electron chi connectivity index (χ2n) is 5.15. The second-order valence-corrected chi connectivity index (χ2v) is 5.15. The Labute approximate surface area is 112 Å². The normalized spacial score (nSPS) is 17.7. The van der Waals surface area contributed by atoms with E-state index in [1.165, 1.54) is 0 Å². The number of pyridine rings is 1. The summed E-state index contributed by atoms with van der Waals surface area (Å²) in [6, 6.07) is 4.05. The standard InChI is InChI=1S/C14H18N4O/c1-18-7-4-10(5-8-18)17-14(19)12-9-16-13-11(12)3-2-6-15-13/h2-3,6,9-10H,4-5,7-8H2,1H3,(H,15,16)(H,17,19). The summed E-state index contributed by atoms with van der Waals surface area (Å²) in [5, 5.41) is 4.00. The highest BCUT2D eigenvalue weighted by atomic mass is 16.1. The Hall–Kier alpha value is -1.88. The van der Waals surface area contributed by atoms with E-state index in [4.69, 9.17) is 0 Å². The summed E-state index contributed by atoms with van der Waals surface area (Å²) in [6.45, 7) is 2.08. The molecule has 1 saturated heterocycles. The molecular formula is C14H18N4O. The monoisotopic (exact) mass is 258 g/mol. The molecule has 0 aromatic carbocycles. The van der Waals surface area contributed by atoms with Crippen LogP contribution < -0.4 is 5.32 Å². The number of H-pyrrole nitrogens is 1. The molecular weight excluding hydrogens is 240 g/mol. The summed E-state index contributed by atoms with van der Waals surface area (Å²) < 4.78 is 0. The van der Waals surface area contributed by atoms with Crippen LogP contribution >= 0.6 is 0 Å². The molecule has 1 aliphatic heterocycles. The third kappa shape index (κ3) is 2.46. The van der Waals surface area contributed by atoms with E-state index in [2.05, 4.69) is 27.2 Å². The fourth-order valence-electron chi connectivity index (χ4n) is 2.56. The van der Waals surface area contributed by atoms with Crippen LogP contribution in [-0.4, -0.2) is 47.0 Å². The van der Waals surface area contributed by atoms with Crippen molar-refractivity contribution in [3.63, 3.8) is 0 Å². The fourth-order valence-corrected chi connectivity index (χ4v) is 2.56. The molecule has 19 heavy (non-hydrogen) atoms. The van der Waals surface area contributed by atoms with Crippen molar-refractivity contribution in [1.82, 2.24) is 20.2 Å². The Bertz CT molecular complexity index is 584. The first-order valence-corrected chi connectivity index (χ1v) is 6.65. The van der Waals surface area contributed by atoms with Crippen molar-refractivity contribution < 1.29 is 4.79 Å². The molecule has 0 saturated carbocycles. The zero-order valence-electron chi connectivity index (χ0n) is 11.0. The van der Waals surface area contributed by atoms with E-state index in [0.29, 0.717) is 5.56 Å². The molecule has 5 nitrogen and oxygen atoms in total. The number of amides is 1. The highest BCUT2D eigenvalue weighted by molar-refractivity contribution is 6.05. The van der Waals surface area contributed by atoms with Crippen LogP contribution in [0.4, 0.5) is 0 Å². The van der Waals surface area contributed by atoms with E-state index in [0.717, 1.165) is 37.0 Å². The second kappa shape index (κ2) is 5.01. The summed E-state index contributed by atoms with van der Waals surface area (Å²) in [7, 11) is 2.11. The van der Waals surface area contributed by atoms with Gasteiger partial charge in [-0.05, 0) is 45.1 Å². The van der Waals surface area contributed by atoms with Gasteiger partial charge in [0.2, 0.25) is 0 Å². The van der Waals surface area contributed by atoms with Crippen LogP contribution in [0.5, 0.6) is 0 Å². The number of likely N-dealkylation sites (tertiary alicyclic amines) is 1. The molecule has 2 N–H and O–H groups in total. The molecule has 0 aliphatic carbocycles. The summed E-state index contributed by atoms with van der Waals surface area (Å²) in [6.07, 6.45) is 5.49. The van der Waals surface area contributed by atoms with Gasteiger partial charge in [0.05, 0.1) is 5.56 Å². The Balaban J connectivity index is 1.73. The molecule has 100 valence electrons. The van der Waals surface area contributed by atoms with Crippen LogP contribution in [0.3, 0.4) is 0 Å². The fraction of sp³-hybridized carbons (Fsp3) is 0.429. The van der Waals surface area contributed by atoms with E-state index in [1.54, 1.807) is 12.4 Å². The number of aromatic nitrogens is 2. The molecule has 2 aromatic rings. The first-order valence-electron chi connectivity index (χ1n) is 6.65. The number of nitrogens with zero attached hydrogens (tertiary/aromatic N) is 2. The number of hydrogen-bond donors (Lipinski definition) is 2. The topological polar surface area (TPSA) is 61.0 Å². The Morgan fingerprint density at radius 3 is 3.05 bits per heavy atom. The van der Waals surface area contributed by atoms with Crippen molar-refractivity contribution in [3.8, 4) is 0 Å². The average Bonchev–Trinajstić information content (AvgIpc) is 2.85. The molecule has 0 bridgehead atoms. The van der Waals surface area contributed by atoms with Gasteiger partial charge in [-0.15, -0.1) is 0 Å². The third-order valence-electron chi connectivity index (χ3n) is 3.75. The van der Waals surface area contributed by atoms with Crippen LogP contribution in [0.15, 0.2) is 24.5 Å². The Kier molecular flexibility index (Phi) is 3.21. The van der Waals surface area contributed by atoms with Gasteiger partial charge in [0.25, 0.3) is 5.91 Å². The third-order valence-corrected chi connectivity index (χ3v) is 3.75. The van der Waals surface area contributed by atoms with Crippen molar-refractivity contribution in [2.45, 2.75) is 18.9 Å². The van der Waals surface area contributed by atoms with E-state index in [-0.39, 0.29) is 11.9 Å². The van der Waals surface area contributed by atoms with Gasteiger partial charge >= 0.3 is 0 Å². The highest BCUT2D eigenvalue weighted by Gasteiger charge is 2.20. The van der Waals surface area contributed by atoms with Crippen LogP contribution in [-0.2, 0) is 0 Å². The molecule has 0 radical (unpaired) electrons. The predicted octanol–water partition coefficient (Wildman–Crippen LogP) is 1.39. The number of rotatable bonds is 2. The van der Waals surface area contributed by atoms with E-state index in [9.17, 15) is 4.79 Å². The summed E-state index contributed by atoms with van der Waals surface area (Å²) in [4.78, 5) is 21.8. The van der Waals surface area contributed by atoms with Crippen molar-refractivity contribution in [2.24, 2.45) is 0 Å². The lowest BCUT2D eigenvalue weighted by Gasteiger charge is -2.29. The van der Waals surface area contributed by atoms with Crippen molar-refractivity contribution in [1.29, 1.82) is 0 Å². The lowest BCUT2D eigenvalue weighted by Crippen LogP contribution is -2.43. The minimum Gasteiger partial charge on any atom is -0.349 e. The summed E-state index contributed by atoms with van der Waals surface area (Å²) >= 11 is 0. The smallest absolute Gasteiger partial charge is 0.253 e. The molecule has 1 aliphatic rings. The van der Waals surface area contributed by atoms with Gasteiger partial charge < -0.3 is 15.2 Å². The molecule has 5 heteroatoms. The van der Waals surface area contributed by atoms with Crippen molar-refractivity contribution in [2.75, 3.05) is 20.1 Å². The Morgan fingerprint density at radius 2 is 2.26 bits per heavy atom. The van der Waals surface area contributed by atoms with Crippen LogP contribution in [0, 0.1) is 0 Å². The van der Waals surface area contributed by atoms with Gasteiger partial charge in [-0.1, -0.05) is 0 Å². The maximum atomic E-state index is 12.3. The minimum atomic E-state index is -0.00574. The maximum Gasteiger partial charge on any atom is 0.253 e. The zero-order valence-corrected chi connectivity index (χ0v) is 11.0. The number of piperidine rings is 1. The zero-order chi connectivity index (χ0) is 13.2. The number of fused-ring (bicyclic) bond motifs is 1. The molecule has 1 amide bonds. The quantitative estimate of drug-likeness (QED) is 0.855. The molecule has 0 atom stereocenters. The predicted molar refractivity (Wildman–Crippen MR) is 74.1 cm³/mol. The Morgan fingerprint density at radius 1 is 1.47 bits per heavy atom.